The van der Waals surface area contributed by atoms with Gasteiger partial charge in [-0.2, -0.15) is 0 Å². The fourth-order valence-electron chi connectivity index (χ4n) is 2.79. The van der Waals surface area contributed by atoms with Crippen LogP contribution < -0.4 is 9.47 Å². The molecule has 4 nitrogen and oxygen atoms in total. The Morgan fingerprint density at radius 2 is 1.62 bits per heavy atom. The van der Waals surface area contributed by atoms with E-state index in [-0.39, 0.29) is 11.3 Å². The summed E-state index contributed by atoms with van der Waals surface area (Å²) < 4.78 is 10.4. The van der Waals surface area contributed by atoms with Gasteiger partial charge in [-0.3, -0.25) is 4.79 Å². The van der Waals surface area contributed by atoms with Gasteiger partial charge in [-0.15, -0.1) is 11.8 Å². The maximum Gasteiger partial charge on any atom is 0.228 e. The van der Waals surface area contributed by atoms with Crippen LogP contribution in [-0.4, -0.2) is 37.3 Å². The van der Waals surface area contributed by atoms with E-state index in [0.29, 0.717) is 6.42 Å². The predicted octanol–water partition coefficient (Wildman–Crippen LogP) is 3.52. The van der Waals surface area contributed by atoms with E-state index >= 15 is 0 Å². The highest BCUT2D eigenvalue weighted by Gasteiger charge is 2.30. The molecule has 1 aliphatic rings. The van der Waals surface area contributed by atoms with Gasteiger partial charge in [0.25, 0.3) is 0 Å². The second-order valence-electron chi connectivity index (χ2n) is 5.61. The van der Waals surface area contributed by atoms with Crippen LogP contribution in [0.3, 0.4) is 0 Å². The second kappa shape index (κ2) is 7.62. The second-order valence-corrected chi connectivity index (χ2v) is 6.80. The SMILES string of the molecule is COc1ccc(CC(=O)N2CCSC2c2ccc(OC)cc2)cc1. The molecular weight excluding hydrogens is 322 g/mol. The van der Waals surface area contributed by atoms with Crippen LogP contribution in [0.4, 0.5) is 0 Å². The molecule has 5 heteroatoms. The van der Waals surface area contributed by atoms with Gasteiger partial charge in [0.05, 0.1) is 20.6 Å². The smallest absolute Gasteiger partial charge is 0.228 e. The Bertz CT molecular complexity index is 685. The molecule has 0 N–H and O–H groups in total. The molecule has 24 heavy (non-hydrogen) atoms. The maximum absolute atomic E-state index is 12.7. The van der Waals surface area contributed by atoms with Crippen LogP contribution in [0, 0.1) is 0 Å². The fraction of sp³-hybridized carbons (Fsp3) is 0.316. The summed E-state index contributed by atoms with van der Waals surface area (Å²) in [6.45, 7) is 0.788. The predicted molar refractivity (Wildman–Crippen MR) is 96.6 cm³/mol. The summed E-state index contributed by atoms with van der Waals surface area (Å²) in [5, 5.41) is 0.0849. The minimum absolute atomic E-state index is 0.0849. The average Bonchev–Trinajstić information content (AvgIpc) is 3.12. The number of thioether (sulfide) groups is 1. The molecule has 126 valence electrons. The van der Waals surface area contributed by atoms with E-state index in [2.05, 4.69) is 0 Å². The van der Waals surface area contributed by atoms with E-state index < -0.39 is 0 Å². The maximum atomic E-state index is 12.7. The number of carbonyl (C=O) groups excluding carboxylic acids is 1. The molecule has 1 saturated heterocycles. The first kappa shape index (κ1) is 16.7. The topological polar surface area (TPSA) is 38.8 Å². The first-order chi connectivity index (χ1) is 11.7. The number of hydrogen-bond donors (Lipinski definition) is 0. The van der Waals surface area contributed by atoms with Gasteiger partial charge in [0.15, 0.2) is 0 Å². The van der Waals surface area contributed by atoms with Gasteiger partial charge in [0.2, 0.25) is 5.91 Å². The molecular formula is C19H21NO3S. The first-order valence-electron chi connectivity index (χ1n) is 7.89. The first-order valence-corrected chi connectivity index (χ1v) is 8.94. The lowest BCUT2D eigenvalue weighted by atomic mass is 10.1. The minimum atomic E-state index is 0.0849. The zero-order chi connectivity index (χ0) is 16.9. The summed E-state index contributed by atoms with van der Waals surface area (Å²) in [5.74, 6) is 2.76. The Hall–Kier alpha value is -2.14. The standard InChI is InChI=1S/C19H21NO3S/c1-22-16-7-3-14(4-8-16)13-18(21)20-11-12-24-19(20)15-5-9-17(23-2)10-6-15/h3-10,19H,11-13H2,1-2H3. The molecule has 0 aliphatic carbocycles. The summed E-state index contributed by atoms with van der Waals surface area (Å²) in [4.78, 5) is 14.7. The largest absolute Gasteiger partial charge is 0.497 e. The number of carbonyl (C=O) groups is 1. The molecule has 0 radical (unpaired) electrons. The summed E-state index contributed by atoms with van der Waals surface area (Å²) in [6, 6.07) is 15.6. The van der Waals surface area contributed by atoms with Crippen molar-refractivity contribution < 1.29 is 14.3 Å². The highest BCUT2D eigenvalue weighted by molar-refractivity contribution is 7.99. The Kier molecular flexibility index (Phi) is 5.30. The van der Waals surface area contributed by atoms with Crippen LogP contribution in [0.1, 0.15) is 16.5 Å². The Labute approximate surface area is 146 Å². The van der Waals surface area contributed by atoms with E-state index in [1.54, 1.807) is 26.0 Å². The highest BCUT2D eigenvalue weighted by Crippen LogP contribution is 2.38. The number of ether oxygens (including phenoxy) is 2. The number of nitrogens with zero attached hydrogens (tertiary/aromatic N) is 1. The lowest BCUT2D eigenvalue weighted by Crippen LogP contribution is -2.31. The van der Waals surface area contributed by atoms with Gasteiger partial charge in [-0.05, 0) is 35.4 Å². The van der Waals surface area contributed by atoms with Gasteiger partial charge in [-0.25, -0.2) is 0 Å². The highest BCUT2D eigenvalue weighted by atomic mass is 32.2. The summed E-state index contributed by atoms with van der Waals surface area (Å²) in [5.41, 5.74) is 2.15. The number of rotatable bonds is 5. The Morgan fingerprint density at radius 1 is 1.04 bits per heavy atom. The summed E-state index contributed by atoms with van der Waals surface area (Å²) in [7, 11) is 3.30. The van der Waals surface area contributed by atoms with E-state index in [0.717, 1.165) is 34.9 Å². The molecule has 0 spiro atoms. The van der Waals surface area contributed by atoms with E-state index in [4.69, 9.17) is 9.47 Å². The third-order valence-corrected chi connectivity index (χ3v) is 5.39. The van der Waals surface area contributed by atoms with Crippen molar-refractivity contribution in [2.24, 2.45) is 0 Å². The molecule has 2 aromatic rings. The molecule has 3 rings (SSSR count). The minimum Gasteiger partial charge on any atom is -0.497 e. The zero-order valence-electron chi connectivity index (χ0n) is 13.9. The van der Waals surface area contributed by atoms with Crippen molar-refractivity contribution in [1.82, 2.24) is 4.90 Å². The van der Waals surface area contributed by atoms with Gasteiger partial charge in [0.1, 0.15) is 16.9 Å². The van der Waals surface area contributed by atoms with Crippen LogP contribution in [0.15, 0.2) is 48.5 Å². The van der Waals surface area contributed by atoms with Gasteiger partial charge >= 0.3 is 0 Å². The van der Waals surface area contributed by atoms with Crippen LogP contribution in [-0.2, 0) is 11.2 Å². The van der Waals surface area contributed by atoms with Crippen molar-refractivity contribution in [2.45, 2.75) is 11.8 Å². The molecule has 1 atom stereocenters. The normalized spacial score (nSPS) is 16.9. The lowest BCUT2D eigenvalue weighted by Gasteiger charge is -2.24. The molecule has 0 aromatic heterocycles. The Balaban J connectivity index is 1.70. The summed E-state index contributed by atoms with van der Waals surface area (Å²) >= 11 is 1.81. The number of hydrogen-bond acceptors (Lipinski definition) is 4. The molecule has 2 aromatic carbocycles. The Morgan fingerprint density at radius 3 is 2.21 bits per heavy atom. The van der Waals surface area contributed by atoms with Crippen molar-refractivity contribution in [3.05, 3.63) is 59.7 Å². The van der Waals surface area contributed by atoms with Crippen molar-refractivity contribution in [3.63, 3.8) is 0 Å². The number of methoxy groups -OCH3 is 2. The van der Waals surface area contributed by atoms with Crippen molar-refractivity contribution in [1.29, 1.82) is 0 Å². The zero-order valence-corrected chi connectivity index (χ0v) is 14.7. The molecule has 1 unspecified atom stereocenters. The van der Waals surface area contributed by atoms with Crippen molar-refractivity contribution >= 4 is 17.7 Å². The van der Waals surface area contributed by atoms with Crippen LogP contribution in [0.2, 0.25) is 0 Å². The van der Waals surface area contributed by atoms with Crippen LogP contribution in [0.25, 0.3) is 0 Å². The van der Waals surface area contributed by atoms with Crippen LogP contribution in [0.5, 0.6) is 11.5 Å². The van der Waals surface area contributed by atoms with E-state index in [9.17, 15) is 4.79 Å². The molecule has 0 saturated carbocycles. The number of amides is 1. The van der Waals surface area contributed by atoms with Crippen LogP contribution >= 0.6 is 11.8 Å². The average molecular weight is 343 g/mol. The van der Waals surface area contributed by atoms with Gasteiger partial charge in [-0.1, -0.05) is 24.3 Å². The molecule has 1 aliphatic heterocycles. The van der Waals surface area contributed by atoms with E-state index in [1.165, 1.54) is 0 Å². The third kappa shape index (κ3) is 3.67. The third-order valence-electron chi connectivity index (χ3n) is 4.13. The number of benzene rings is 2. The lowest BCUT2D eigenvalue weighted by molar-refractivity contribution is -0.130. The quantitative estimate of drug-likeness (QED) is 0.833. The molecule has 1 heterocycles. The molecule has 1 fully saturated rings. The molecule has 0 bridgehead atoms. The fourth-order valence-corrected chi connectivity index (χ4v) is 4.07. The van der Waals surface area contributed by atoms with Crippen molar-refractivity contribution in [3.8, 4) is 11.5 Å². The van der Waals surface area contributed by atoms with Gasteiger partial charge in [0, 0.05) is 12.3 Å². The van der Waals surface area contributed by atoms with Gasteiger partial charge < -0.3 is 14.4 Å². The molecule has 1 amide bonds. The monoisotopic (exact) mass is 343 g/mol. The van der Waals surface area contributed by atoms with Crippen molar-refractivity contribution in [2.75, 3.05) is 26.5 Å². The summed E-state index contributed by atoms with van der Waals surface area (Å²) in [6.07, 6.45) is 0.414. The van der Waals surface area contributed by atoms with E-state index in [1.807, 2.05) is 53.4 Å².